The van der Waals surface area contributed by atoms with Crippen molar-refractivity contribution < 1.29 is 22.7 Å². The molecule has 0 radical (unpaired) electrons. The number of carbonyl (C=O) groups is 1. The van der Waals surface area contributed by atoms with Gasteiger partial charge in [-0.15, -0.1) is 0 Å². The van der Waals surface area contributed by atoms with Crippen molar-refractivity contribution in [3.63, 3.8) is 0 Å². The zero-order valence-corrected chi connectivity index (χ0v) is 12.3. The van der Waals surface area contributed by atoms with E-state index in [2.05, 4.69) is 15.6 Å². The van der Waals surface area contributed by atoms with Crippen molar-refractivity contribution in [3.8, 4) is 0 Å². The highest BCUT2D eigenvalue weighted by Gasteiger charge is 2.32. The third-order valence-corrected chi connectivity index (χ3v) is 2.93. The average molecular weight is 327 g/mol. The standard InChI is InChI=1S/C15H16F3N3O2/c1-2-23-9-10-3-5-11(6-4-10)20-14(22)21-12-7-13(19-8-12)15(16,17)18/h3-8,19H,2,9H2,1H3,(H2,20,21,22). The van der Waals surface area contributed by atoms with E-state index in [1.807, 2.05) is 6.92 Å². The highest BCUT2D eigenvalue weighted by atomic mass is 19.4. The van der Waals surface area contributed by atoms with E-state index in [9.17, 15) is 18.0 Å². The largest absolute Gasteiger partial charge is 0.431 e. The molecule has 2 amide bonds. The Hall–Kier alpha value is -2.48. The number of amides is 2. The number of aromatic amines is 1. The van der Waals surface area contributed by atoms with E-state index >= 15 is 0 Å². The van der Waals surface area contributed by atoms with Gasteiger partial charge in [-0.3, -0.25) is 0 Å². The first kappa shape index (κ1) is 16.9. The van der Waals surface area contributed by atoms with Crippen molar-refractivity contribution in [2.24, 2.45) is 0 Å². The lowest BCUT2D eigenvalue weighted by atomic mass is 10.2. The highest BCUT2D eigenvalue weighted by molar-refractivity contribution is 5.99. The van der Waals surface area contributed by atoms with Gasteiger partial charge in [-0.2, -0.15) is 13.2 Å². The van der Waals surface area contributed by atoms with Gasteiger partial charge in [-0.25, -0.2) is 4.79 Å². The van der Waals surface area contributed by atoms with Gasteiger partial charge in [0.05, 0.1) is 12.3 Å². The summed E-state index contributed by atoms with van der Waals surface area (Å²) in [4.78, 5) is 13.8. The Kier molecular flexibility index (Phi) is 5.28. The molecule has 0 unspecified atom stereocenters. The number of aromatic nitrogens is 1. The number of rotatable bonds is 5. The monoisotopic (exact) mass is 327 g/mol. The molecule has 0 atom stereocenters. The average Bonchev–Trinajstić information content (AvgIpc) is 2.95. The summed E-state index contributed by atoms with van der Waals surface area (Å²) in [5.41, 5.74) is 0.587. The van der Waals surface area contributed by atoms with Crippen LogP contribution in [0.5, 0.6) is 0 Å². The number of benzene rings is 1. The van der Waals surface area contributed by atoms with Crippen molar-refractivity contribution in [3.05, 3.63) is 47.8 Å². The van der Waals surface area contributed by atoms with E-state index < -0.39 is 17.9 Å². The quantitative estimate of drug-likeness (QED) is 0.770. The number of alkyl halides is 3. The summed E-state index contributed by atoms with van der Waals surface area (Å²) in [6, 6.07) is 7.16. The van der Waals surface area contributed by atoms with Crippen LogP contribution in [0.4, 0.5) is 29.3 Å². The molecule has 1 heterocycles. The fourth-order valence-electron chi connectivity index (χ4n) is 1.83. The van der Waals surface area contributed by atoms with E-state index in [0.717, 1.165) is 17.8 Å². The number of ether oxygens (including phenoxy) is 1. The van der Waals surface area contributed by atoms with Crippen LogP contribution in [0, 0.1) is 0 Å². The van der Waals surface area contributed by atoms with E-state index in [1.54, 1.807) is 24.3 Å². The first-order chi connectivity index (χ1) is 10.9. The molecule has 0 spiro atoms. The number of hydrogen-bond acceptors (Lipinski definition) is 2. The van der Waals surface area contributed by atoms with Crippen LogP contribution in [0.25, 0.3) is 0 Å². The fraction of sp³-hybridized carbons (Fsp3) is 0.267. The second-order valence-electron chi connectivity index (χ2n) is 4.71. The molecule has 1 aromatic carbocycles. The van der Waals surface area contributed by atoms with Gasteiger partial charge in [0.25, 0.3) is 0 Å². The minimum atomic E-state index is -4.48. The van der Waals surface area contributed by atoms with E-state index in [0.29, 0.717) is 18.9 Å². The molecule has 1 aromatic heterocycles. The Morgan fingerprint density at radius 2 is 1.83 bits per heavy atom. The highest BCUT2D eigenvalue weighted by Crippen LogP contribution is 2.29. The Morgan fingerprint density at radius 1 is 1.17 bits per heavy atom. The van der Waals surface area contributed by atoms with Gasteiger partial charge in [0, 0.05) is 18.5 Å². The molecule has 124 valence electrons. The number of carbonyl (C=O) groups excluding carboxylic acids is 1. The van der Waals surface area contributed by atoms with E-state index in [-0.39, 0.29) is 5.69 Å². The number of halogens is 3. The van der Waals surface area contributed by atoms with Crippen LogP contribution in [-0.2, 0) is 17.5 Å². The van der Waals surface area contributed by atoms with Crippen molar-refractivity contribution in [2.45, 2.75) is 19.7 Å². The number of H-pyrrole nitrogens is 1. The summed E-state index contributed by atoms with van der Waals surface area (Å²) in [6.07, 6.45) is -3.40. The van der Waals surface area contributed by atoms with Gasteiger partial charge < -0.3 is 20.4 Å². The zero-order valence-electron chi connectivity index (χ0n) is 12.3. The van der Waals surface area contributed by atoms with E-state index in [1.165, 1.54) is 0 Å². The lowest BCUT2D eigenvalue weighted by Crippen LogP contribution is -2.19. The molecule has 0 aliphatic rings. The third kappa shape index (κ3) is 5.03. The Balaban J connectivity index is 1.90. The molecular formula is C15H16F3N3O2. The predicted octanol–water partition coefficient (Wildman–Crippen LogP) is 4.21. The SMILES string of the molecule is CCOCc1ccc(NC(=O)Nc2c[nH]c(C(F)(F)F)c2)cc1. The van der Waals surface area contributed by atoms with Gasteiger partial charge in [0.2, 0.25) is 0 Å². The molecule has 8 heteroatoms. The van der Waals surface area contributed by atoms with Gasteiger partial charge in [0.1, 0.15) is 5.69 Å². The molecule has 0 fully saturated rings. The minimum absolute atomic E-state index is 0.0304. The van der Waals surface area contributed by atoms with Crippen LogP contribution in [0.15, 0.2) is 36.5 Å². The molecular weight excluding hydrogens is 311 g/mol. The summed E-state index contributed by atoms with van der Waals surface area (Å²) in [6.45, 7) is 2.98. The molecule has 2 aromatic rings. The van der Waals surface area contributed by atoms with Gasteiger partial charge in [0.15, 0.2) is 0 Å². The third-order valence-electron chi connectivity index (χ3n) is 2.93. The van der Waals surface area contributed by atoms with Gasteiger partial charge in [-0.05, 0) is 30.7 Å². The predicted molar refractivity (Wildman–Crippen MR) is 80.2 cm³/mol. The van der Waals surface area contributed by atoms with Gasteiger partial charge >= 0.3 is 12.2 Å². The van der Waals surface area contributed by atoms with Crippen LogP contribution < -0.4 is 10.6 Å². The van der Waals surface area contributed by atoms with Crippen molar-refractivity contribution in [2.75, 3.05) is 17.2 Å². The first-order valence-corrected chi connectivity index (χ1v) is 6.89. The van der Waals surface area contributed by atoms with Gasteiger partial charge in [-0.1, -0.05) is 12.1 Å². The summed E-state index contributed by atoms with van der Waals surface area (Å²) in [7, 11) is 0. The smallest absolute Gasteiger partial charge is 0.377 e. The zero-order chi connectivity index (χ0) is 16.9. The number of nitrogens with one attached hydrogen (secondary N) is 3. The van der Waals surface area contributed by atoms with Crippen molar-refractivity contribution >= 4 is 17.4 Å². The molecule has 0 saturated carbocycles. The van der Waals surface area contributed by atoms with Crippen molar-refractivity contribution in [1.82, 2.24) is 4.98 Å². The summed E-state index contributed by atoms with van der Waals surface area (Å²) in [5, 5.41) is 4.86. The number of hydrogen-bond donors (Lipinski definition) is 3. The Bertz CT molecular complexity index is 651. The maximum absolute atomic E-state index is 12.4. The maximum atomic E-state index is 12.4. The molecule has 3 N–H and O–H groups in total. The van der Waals surface area contributed by atoms with Crippen LogP contribution in [0.1, 0.15) is 18.2 Å². The van der Waals surface area contributed by atoms with Crippen LogP contribution in [0.3, 0.4) is 0 Å². The second kappa shape index (κ2) is 7.19. The Labute approximate surface area is 130 Å². The summed E-state index contributed by atoms with van der Waals surface area (Å²) >= 11 is 0. The van der Waals surface area contributed by atoms with Crippen LogP contribution >= 0.6 is 0 Å². The lowest BCUT2D eigenvalue weighted by Gasteiger charge is -2.07. The summed E-state index contributed by atoms with van der Waals surface area (Å²) in [5.74, 6) is 0. The van der Waals surface area contributed by atoms with Crippen LogP contribution in [-0.4, -0.2) is 17.6 Å². The second-order valence-corrected chi connectivity index (χ2v) is 4.71. The number of anilines is 2. The topological polar surface area (TPSA) is 66.2 Å². The van der Waals surface area contributed by atoms with E-state index in [4.69, 9.17) is 4.74 Å². The fourth-order valence-corrected chi connectivity index (χ4v) is 1.83. The van der Waals surface area contributed by atoms with Crippen LogP contribution in [0.2, 0.25) is 0 Å². The van der Waals surface area contributed by atoms with Crippen molar-refractivity contribution in [1.29, 1.82) is 0 Å². The summed E-state index contributed by atoms with van der Waals surface area (Å²) < 4.78 is 42.6. The maximum Gasteiger partial charge on any atom is 0.431 e. The normalized spacial score (nSPS) is 11.3. The molecule has 0 aliphatic carbocycles. The molecule has 0 saturated heterocycles. The minimum Gasteiger partial charge on any atom is -0.377 e. The molecule has 5 nitrogen and oxygen atoms in total. The lowest BCUT2D eigenvalue weighted by molar-refractivity contribution is -0.140. The number of urea groups is 1. The first-order valence-electron chi connectivity index (χ1n) is 6.89. The Morgan fingerprint density at radius 3 is 2.39 bits per heavy atom. The molecule has 0 aliphatic heterocycles. The molecule has 23 heavy (non-hydrogen) atoms. The molecule has 2 rings (SSSR count). The molecule has 0 bridgehead atoms.